The molecule has 0 aromatic heterocycles. The van der Waals surface area contributed by atoms with E-state index >= 15 is 0 Å². The molecule has 1 spiro atoms. The molecule has 5 heteroatoms. The van der Waals surface area contributed by atoms with Gasteiger partial charge in [-0.15, -0.1) is 0 Å². The van der Waals surface area contributed by atoms with Crippen molar-refractivity contribution in [2.75, 3.05) is 32.8 Å². The van der Waals surface area contributed by atoms with Crippen molar-refractivity contribution in [3.63, 3.8) is 0 Å². The second-order valence-electron chi connectivity index (χ2n) is 7.28. The number of piperidine rings is 1. The van der Waals surface area contributed by atoms with E-state index in [2.05, 4.69) is 4.90 Å². The highest BCUT2D eigenvalue weighted by atomic mass is 16.5. The SMILES string of the molecule is C[C@@]1(O)CCOC2(CCN(CCCOc3ccccc3)CC2)[C@H]1O. The van der Waals surface area contributed by atoms with Gasteiger partial charge in [0.2, 0.25) is 0 Å². The standard InChI is InChI=1S/C19H29NO4/c1-18(22)10-15-24-19(17(18)21)8-12-20(13-9-19)11-5-14-23-16-6-3-2-4-7-16/h2-4,6-7,17,21-22H,5,8-15H2,1H3/t17-,18+/m0/s1. The van der Waals surface area contributed by atoms with Crippen molar-refractivity contribution in [3.8, 4) is 5.75 Å². The molecular weight excluding hydrogens is 306 g/mol. The predicted molar refractivity (Wildman–Crippen MR) is 92.2 cm³/mol. The minimum Gasteiger partial charge on any atom is -0.494 e. The summed E-state index contributed by atoms with van der Waals surface area (Å²) < 4.78 is 11.7. The maximum Gasteiger partial charge on any atom is 0.119 e. The van der Waals surface area contributed by atoms with Crippen LogP contribution in [0.5, 0.6) is 5.75 Å². The number of benzene rings is 1. The maximum atomic E-state index is 10.5. The van der Waals surface area contributed by atoms with Gasteiger partial charge in [-0.3, -0.25) is 0 Å². The third-order valence-electron chi connectivity index (χ3n) is 5.42. The molecule has 0 saturated carbocycles. The first kappa shape index (κ1) is 17.7. The lowest BCUT2D eigenvalue weighted by Crippen LogP contribution is -2.64. The molecule has 0 aliphatic carbocycles. The average molecular weight is 335 g/mol. The van der Waals surface area contributed by atoms with Gasteiger partial charge in [0.1, 0.15) is 11.9 Å². The van der Waals surface area contributed by atoms with E-state index in [1.165, 1.54) is 0 Å². The lowest BCUT2D eigenvalue weighted by molar-refractivity contribution is -0.246. The summed E-state index contributed by atoms with van der Waals surface area (Å²) in [6.07, 6.45) is 2.20. The predicted octanol–water partition coefficient (Wildman–Crippen LogP) is 1.82. The second-order valence-corrected chi connectivity index (χ2v) is 7.28. The Bertz CT molecular complexity index is 511. The first-order valence-corrected chi connectivity index (χ1v) is 8.96. The molecule has 2 heterocycles. The van der Waals surface area contributed by atoms with Crippen LogP contribution in [0.1, 0.15) is 32.6 Å². The molecule has 0 unspecified atom stereocenters. The number of likely N-dealkylation sites (tertiary alicyclic amines) is 1. The number of rotatable bonds is 5. The van der Waals surface area contributed by atoms with E-state index in [1.54, 1.807) is 6.92 Å². The lowest BCUT2D eigenvalue weighted by Gasteiger charge is -2.51. The Kier molecular flexibility index (Phi) is 5.45. The molecule has 24 heavy (non-hydrogen) atoms. The number of ether oxygens (including phenoxy) is 2. The minimum atomic E-state index is -1.04. The smallest absolute Gasteiger partial charge is 0.119 e. The van der Waals surface area contributed by atoms with Crippen LogP contribution in [0.25, 0.3) is 0 Å². The van der Waals surface area contributed by atoms with Gasteiger partial charge in [-0.25, -0.2) is 0 Å². The number of hydrogen-bond acceptors (Lipinski definition) is 5. The summed E-state index contributed by atoms with van der Waals surface area (Å²) in [6, 6.07) is 9.87. The molecule has 2 aliphatic rings. The molecule has 1 aromatic rings. The average Bonchev–Trinajstić information content (AvgIpc) is 2.59. The van der Waals surface area contributed by atoms with Gasteiger partial charge >= 0.3 is 0 Å². The molecule has 1 aromatic carbocycles. The highest BCUT2D eigenvalue weighted by Gasteiger charge is 2.52. The molecule has 2 fully saturated rings. The molecule has 3 rings (SSSR count). The molecule has 0 bridgehead atoms. The summed E-state index contributed by atoms with van der Waals surface area (Å²) in [4.78, 5) is 2.39. The summed E-state index contributed by atoms with van der Waals surface area (Å²) in [5, 5.41) is 20.9. The Morgan fingerprint density at radius 2 is 1.92 bits per heavy atom. The first-order chi connectivity index (χ1) is 11.5. The van der Waals surface area contributed by atoms with Crippen LogP contribution in [0.3, 0.4) is 0 Å². The van der Waals surface area contributed by atoms with Gasteiger partial charge < -0.3 is 24.6 Å². The zero-order chi connectivity index (χ0) is 17.0. The van der Waals surface area contributed by atoms with Crippen molar-refractivity contribution in [1.82, 2.24) is 4.90 Å². The monoisotopic (exact) mass is 335 g/mol. The molecule has 0 amide bonds. The molecule has 2 saturated heterocycles. The summed E-state index contributed by atoms with van der Waals surface area (Å²) in [7, 11) is 0. The van der Waals surface area contributed by atoms with Crippen LogP contribution in [0.2, 0.25) is 0 Å². The van der Waals surface area contributed by atoms with Crippen molar-refractivity contribution in [1.29, 1.82) is 0 Å². The molecule has 2 atom stereocenters. The first-order valence-electron chi connectivity index (χ1n) is 8.96. The van der Waals surface area contributed by atoms with E-state index in [9.17, 15) is 10.2 Å². The summed E-state index contributed by atoms with van der Waals surface area (Å²) in [5.74, 6) is 0.913. The third-order valence-corrected chi connectivity index (χ3v) is 5.42. The van der Waals surface area contributed by atoms with Crippen molar-refractivity contribution >= 4 is 0 Å². The summed E-state index contributed by atoms with van der Waals surface area (Å²) >= 11 is 0. The van der Waals surface area contributed by atoms with Crippen LogP contribution in [-0.2, 0) is 4.74 Å². The van der Waals surface area contributed by atoms with E-state index in [0.29, 0.717) is 19.6 Å². The maximum absolute atomic E-state index is 10.5. The normalized spacial score (nSPS) is 30.4. The Hall–Kier alpha value is -1.14. The Morgan fingerprint density at radius 1 is 1.21 bits per heavy atom. The van der Waals surface area contributed by atoms with Crippen molar-refractivity contribution < 1.29 is 19.7 Å². The topological polar surface area (TPSA) is 62.2 Å². The van der Waals surface area contributed by atoms with Gasteiger partial charge in [0.05, 0.1) is 24.4 Å². The molecular formula is C19H29NO4. The van der Waals surface area contributed by atoms with Crippen LogP contribution in [0.15, 0.2) is 30.3 Å². The van der Waals surface area contributed by atoms with E-state index in [4.69, 9.17) is 9.47 Å². The Balaban J connectivity index is 1.41. The number of aliphatic hydroxyl groups excluding tert-OH is 1. The summed E-state index contributed by atoms with van der Waals surface area (Å²) in [6.45, 7) is 5.70. The molecule has 2 aliphatic heterocycles. The third kappa shape index (κ3) is 3.91. The lowest BCUT2D eigenvalue weighted by atomic mass is 9.75. The van der Waals surface area contributed by atoms with Crippen LogP contribution >= 0.6 is 0 Å². The van der Waals surface area contributed by atoms with Gasteiger partial charge in [-0.2, -0.15) is 0 Å². The number of para-hydroxylation sites is 1. The Labute approximate surface area is 144 Å². The van der Waals surface area contributed by atoms with Crippen molar-refractivity contribution in [2.24, 2.45) is 0 Å². The second kappa shape index (κ2) is 7.40. The summed E-state index contributed by atoms with van der Waals surface area (Å²) in [5.41, 5.74) is -1.61. The van der Waals surface area contributed by atoms with E-state index in [1.807, 2.05) is 30.3 Å². The minimum absolute atomic E-state index is 0.496. The largest absolute Gasteiger partial charge is 0.494 e. The van der Waals surface area contributed by atoms with Crippen molar-refractivity contribution in [3.05, 3.63) is 30.3 Å². The highest BCUT2D eigenvalue weighted by Crippen LogP contribution is 2.39. The molecule has 0 radical (unpaired) electrons. The number of hydrogen-bond donors (Lipinski definition) is 2. The zero-order valence-electron chi connectivity index (χ0n) is 14.5. The van der Waals surface area contributed by atoms with Gasteiger partial charge in [-0.05, 0) is 38.3 Å². The molecule has 2 N–H and O–H groups in total. The van der Waals surface area contributed by atoms with Crippen LogP contribution in [-0.4, -0.2) is 65.3 Å². The van der Waals surface area contributed by atoms with Crippen molar-refractivity contribution in [2.45, 2.75) is 49.9 Å². The quantitative estimate of drug-likeness (QED) is 0.804. The fourth-order valence-corrected chi connectivity index (χ4v) is 3.81. The molecule has 134 valence electrons. The van der Waals surface area contributed by atoms with Gasteiger partial charge in [0.15, 0.2) is 0 Å². The van der Waals surface area contributed by atoms with E-state index < -0.39 is 17.3 Å². The number of aliphatic hydroxyl groups is 2. The number of nitrogens with zero attached hydrogens (tertiary/aromatic N) is 1. The van der Waals surface area contributed by atoms with E-state index in [-0.39, 0.29) is 0 Å². The van der Waals surface area contributed by atoms with Gasteiger partial charge in [0, 0.05) is 26.1 Å². The van der Waals surface area contributed by atoms with Gasteiger partial charge in [-0.1, -0.05) is 18.2 Å². The zero-order valence-corrected chi connectivity index (χ0v) is 14.5. The fourth-order valence-electron chi connectivity index (χ4n) is 3.81. The van der Waals surface area contributed by atoms with Crippen LogP contribution < -0.4 is 4.74 Å². The fraction of sp³-hybridized carbons (Fsp3) is 0.684. The van der Waals surface area contributed by atoms with Crippen LogP contribution in [0.4, 0.5) is 0 Å². The highest BCUT2D eigenvalue weighted by molar-refractivity contribution is 5.20. The van der Waals surface area contributed by atoms with Crippen LogP contribution in [0, 0.1) is 0 Å². The van der Waals surface area contributed by atoms with E-state index in [0.717, 1.165) is 44.6 Å². The Morgan fingerprint density at radius 3 is 2.62 bits per heavy atom. The molecule has 5 nitrogen and oxygen atoms in total. The van der Waals surface area contributed by atoms with Gasteiger partial charge in [0.25, 0.3) is 0 Å².